The van der Waals surface area contributed by atoms with Gasteiger partial charge >= 0.3 is 0 Å². The van der Waals surface area contributed by atoms with E-state index in [1.807, 2.05) is 0 Å². The van der Waals surface area contributed by atoms with Gasteiger partial charge in [0.2, 0.25) is 0 Å². The van der Waals surface area contributed by atoms with Crippen LogP contribution in [0.1, 0.15) is 27.2 Å². The third kappa shape index (κ3) is 0.700. The number of fused-ring (bicyclic) bond motifs is 5. The molecule has 0 aliphatic carbocycles. The molecule has 0 aromatic heterocycles. The first-order valence-corrected chi connectivity index (χ1v) is 5.24. The molecule has 1 aromatic rings. The van der Waals surface area contributed by atoms with E-state index in [-0.39, 0.29) is 0 Å². The number of rotatable bonds is 0. The Bertz CT molecular complexity index is 365. The van der Waals surface area contributed by atoms with Gasteiger partial charge in [-0.25, -0.2) is 0 Å². The first-order chi connectivity index (χ1) is 5.86. The Morgan fingerprint density at radius 2 is 2.00 bits per heavy atom. The predicted octanol–water partition coefficient (Wildman–Crippen LogP) is 3.39. The zero-order valence-corrected chi connectivity index (χ0v) is 7.77. The minimum Gasteiger partial charge on any atom is -0.137 e. The second kappa shape index (κ2) is 2.17. The molecule has 0 nitrogen and oxygen atoms in total. The highest BCUT2D eigenvalue weighted by atomic mass is 32.2. The van der Waals surface area contributed by atoms with Gasteiger partial charge in [0, 0.05) is 10.5 Å². The van der Waals surface area contributed by atoms with Crippen LogP contribution < -0.4 is 0 Å². The lowest BCUT2D eigenvalue weighted by Gasteiger charge is -2.10. The van der Waals surface area contributed by atoms with Gasteiger partial charge in [0.25, 0.3) is 0 Å². The fourth-order valence-corrected chi connectivity index (χ4v) is 3.62. The molecular formula is C11H10S. The molecule has 2 bridgehead atoms. The van der Waals surface area contributed by atoms with Crippen molar-refractivity contribution in [1.29, 1.82) is 0 Å². The maximum absolute atomic E-state index is 2.34. The van der Waals surface area contributed by atoms with Crippen LogP contribution in [0.2, 0.25) is 0 Å². The number of hydrogen-bond acceptors (Lipinski definition) is 1. The topological polar surface area (TPSA) is 0 Å². The average molecular weight is 174 g/mol. The molecule has 2 atom stereocenters. The largest absolute Gasteiger partial charge is 0.137 e. The van der Waals surface area contributed by atoms with Crippen LogP contribution >= 0.6 is 11.8 Å². The van der Waals surface area contributed by atoms with E-state index >= 15 is 0 Å². The van der Waals surface area contributed by atoms with Crippen molar-refractivity contribution in [2.45, 2.75) is 17.4 Å². The van der Waals surface area contributed by atoms with Gasteiger partial charge in [0.05, 0.1) is 0 Å². The summed E-state index contributed by atoms with van der Waals surface area (Å²) in [7, 11) is 0. The molecule has 0 N–H and O–H groups in total. The van der Waals surface area contributed by atoms with Crippen LogP contribution in [0.25, 0.3) is 0 Å². The normalized spacial score (nSPS) is 29.4. The molecule has 0 fully saturated rings. The molecule has 3 rings (SSSR count). The monoisotopic (exact) mass is 174 g/mol. The third-order valence-corrected chi connectivity index (χ3v) is 4.09. The van der Waals surface area contributed by atoms with Gasteiger partial charge < -0.3 is 0 Å². The Kier molecular flexibility index (Phi) is 1.23. The van der Waals surface area contributed by atoms with Crippen LogP contribution in [0, 0.1) is 6.92 Å². The minimum absolute atomic E-state index is 0.657. The Balaban J connectivity index is 2.30. The van der Waals surface area contributed by atoms with Crippen molar-refractivity contribution in [3.05, 3.63) is 47.0 Å². The molecule has 0 saturated carbocycles. The van der Waals surface area contributed by atoms with Crippen molar-refractivity contribution < 1.29 is 0 Å². The van der Waals surface area contributed by atoms with Crippen molar-refractivity contribution >= 4 is 11.8 Å². The number of hydrogen-bond donors (Lipinski definition) is 0. The molecule has 0 radical (unpaired) electrons. The van der Waals surface area contributed by atoms with Crippen LogP contribution in [-0.4, -0.2) is 0 Å². The molecule has 0 spiro atoms. The number of benzene rings is 1. The minimum atomic E-state index is 0.657. The lowest BCUT2D eigenvalue weighted by molar-refractivity contribution is 1.11. The second-order valence-electron chi connectivity index (χ2n) is 3.44. The highest BCUT2D eigenvalue weighted by Crippen LogP contribution is 2.57. The molecule has 0 unspecified atom stereocenters. The average Bonchev–Trinajstić information content (AvgIpc) is 2.64. The lowest BCUT2D eigenvalue weighted by Crippen LogP contribution is -1.94. The van der Waals surface area contributed by atoms with Crippen LogP contribution in [0.5, 0.6) is 0 Å². The summed E-state index contributed by atoms with van der Waals surface area (Å²) in [5.74, 6) is 0. The number of thioether (sulfide) groups is 1. The predicted molar refractivity (Wildman–Crippen MR) is 53.4 cm³/mol. The molecule has 0 amide bonds. The van der Waals surface area contributed by atoms with E-state index in [0.29, 0.717) is 10.5 Å². The van der Waals surface area contributed by atoms with Crippen molar-refractivity contribution in [2.24, 2.45) is 0 Å². The summed E-state index contributed by atoms with van der Waals surface area (Å²) in [5.41, 5.74) is 4.58. The molecule has 12 heavy (non-hydrogen) atoms. The molecule has 2 aliphatic rings. The second-order valence-corrected chi connectivity index (χ2v) is 4.73. The Morgan fingerprint density at radius 1 is 1.17 bits per heavy atom. The molecule has 1 heteroatoms. The van der Waals surface area contributed by atoms with Crippen LogP contribution in [0.15, 0.2) is 30.4 Å². The summed E-state index contributed by atoms with van der Waals surface area (Å²) in [5, 5.41) is 1.32. The zero-order valence-electron chi connectivity index (χ0n) is 6.95. The van der Waals surface area contributed by atoms with Gasteiger partial charge in [0.15, 0.2) is 0 Å². The van der Waals surface area contributed by atoms with Gasteiger partial charge in [-0.1, -0.05) is 30.4 Å². The number of aryl methyl sites for hydroxylation is 1. The summed E-state index contributed by atoms with van der Waals surface area (Å²) >= 11 is 2.06. The fourth-order valence-electron chi connectivity index (χ4n) is 2.13. The van der Waals surface area contributed by atoms with Crippen molar-refractivity contribution in [3.63, 3.8) is 0 Å². The van der Waals surface area contributed by atoms with Gasteiger partial charge in [-0.3, -0.25) is 0 Å². The smallest absolute Gasteiger partial charge is 0.0492 e. The summed E-state index contributed by atoms with van der Waals surface area (Å²) < 4.78 is 0. The van der Waals surface area contributed by atoms with Crippen LogP contribution in [0.4, 0.5) is 0 Å². The van der Waals surface area contributed by atoms with Gasteiger partial charge in [0.1, 0.15) is 0 Å². The standard InChI is InChI=1S/C11H10S/c1-7-3-2-4-8-9-5-6-10(12-9)11(7)8/h2-6,9-10H,1H3/t9-,10+/m1/s1. The van der Waals surface area contributed by atoms with E-state index in [0.717, 1.165) is 0 Å². The summed E-state index contributed by atoms with van der Waals surface area (Å²) in [6.45, 7) is 2.22. The highest BCUT2D eigenvalue weighted by molar-refractivity contribution is 8.00. The van der Waals surface area contributed by atoms with E-state index in [1.54, 1.807) is 11.1 Å². The van der Waals surface area contributed by atoms with Crippen LogP contribution in [-0.2, 0) is 0 Å². The van der Waals surface area contributed by atoms with E-state index in [2.05, 4.69) is 49.0 Å². The third-order valence-electron chi connectivity index (χ3n) is 2.70. The van der Waals surface area contributed by atoms with Gasteiger partial charge in [-0.2, -0.15) is 0 Å². The van der Waals surface area contributed by atoms with Crippen molar-refractivity contribution in [1.82, 2.24) is 0 Å². The first-order valence-electron chi connectivity index (χ1n) is 4.29. The fraction of sp³-hybridized carbons (Fsp3) is 0.273. The highest BCUT2D eigenvalue weighted by Gasteiger charge is 2.33. The van der Waals surface area contributed by atoms with E-state index in [4.69, 9.17) is 0 Å². The summed E-state index contributed by atoms with van der Waals surface area (Å²) in [4.78, 5) is 0. The van der Waals surface area contributed by atoms with E-state index < -0.39 is 0 Å². The molecule has 0 saturated heterocycles. The Morgan fingerprint density at radius 3 is 2.83 bits per heavy atom. The summed E-state index contributed by atoms with van der Waals surface area (Å²) in [6, 6.07) is 6.65. The SMILES string of the molecule is Cc1cccc2c1[C@@H]1C=C[C@H]2S1. The van der Waals surface area contributed by atoms with E-state index in [1.165, 1.54) is 5.56 Å². The van der Waals surface area contributed by atoms with Crippen molar-refractivity contribution in [2.75, 3.05) is 0 Å². The Labute approximate surface area is 76.7 Å². The first kappa shape index (κ1) is 6.79. The van der Waals surface area contributed by atoms with E-state index in [9.17, 15) is 0 Å². The molecule has 60 valence electrons. The maximum atomic E-state index is 2.34. The lowest BCUT2D eigenvalue weighted by atomic mass is 9.93. The maximum Gasteiger partial charge on any atom is 0.0492 e. The molecule has 2 heterocycles. The molecule has 2 aliphatic heterocycles. The zero-order chi connectivity index (χ0) is 8.13. The van der Waals surface area contributed by atoms with Gasteiger partial charge in [-0.05, 0) is 23.6 Å². The molecule has 1 aromatic carbocycles. The Hall–Kier alpha value is -0.690. The quantitative estimate of drug-likeness (QED) is 0.543. The van der Waals surface area contributed by atoms with Crippen LogP contribution in [0.3, 0.4) is 0 Å². The van der Waals surface area contributed by atoms with Gasteiger partial charge in [-0.15, -0.1) is 11.8 Å². The summed E-state index contributed by atoms with van der Waals surface area (Å²) in [6.07, 6.45) is 4.67. The van der Waals surface area contributed by atoms with Crippen molar-refractivity contribution in [3.8, 4) is 0 Å². The molecular weight excluding hydrogens is 164 g/mol.